The third-order valence-electron chi connectivity index (χ3n) is 2.94. The van der Waals surface area contributed by atoms with Gasteiger partial charge in [-0.05, 0) is 64.8 Å². The second-order valence-corrected chi connectivity index (χ2v) is 6.93. The Labute approximate surface area is 148 Å². The van der Waals surface area contributed by atoms with Crippen molar-refractivity contribution < 1.29 is 9.59 Å². The van der Waals surface area contributed by atoms with Crippen molar-refractivity contribution in [3.8, 4) is 0 Å². The fourth-order valence-corrected chi connectivity index (χ4v) is 3.19. The molecule has 0 atom stereocenters. The molecule has 0 radical (unpaired) electrons. The van der Waals surface area contributed by atoms with E-state index in [0.717, 1.165) is 26.3 Å². The van der Waals surface area contributed by atoms with Crippen molar-refractivity contribution in [3.63, 3.8) is 0 Å². The van der Waals surface area contributed by atoms with Crippen LogP contribution in [0.3, 0.4) is 0 Å². The van der Waals surface area contributed by atoms with Gasteiger partial charge in [0.25, 0.3) is 0 Å². The van der Waals surface area contributed by atoms with Crippen LogP contribution in [0.1, 0.15) is 12.5 Å². The summed E-state index contributed by atoms with van der Waals surface area (Å²) in [7, 11) is 0. The molecule has 4 nitrogen and oxygen atoms in total. The van der Waals surface area contributed by atoms with E-state index in [0.29, 0.717) is 5.75 Å². The fraction of sp³-hybridized carbons (Fsp3) is 0.176. The summed E-state index contributed by atoms with van der Waals surface area (Å²) >= 11 is 4.89. The first-order valence-corrected chi connectivity index (χ1v) is 8.78. The first-order valence-electron chi connectivity index (χ1n) is 7.00. The molecule has 6 heteroatoms. The summed E-state index contributed by atoms with van der Waals surface area (Å²) in [6, 6.07) is 13.2. The monoisotopic (exact) mass is 392 g/mol. The topological polar surface area (TPSA) is 58.2 Å². The largest absolute Gasteiger partial charge is 0.326 e. The van der Waals surface area contributed by atoms with E-state index in [-0.39, 0.29) is 11.8 Å². The smallest absolute Gasteiger partial charge is 0.234 e. The Morgan fingerprint density at radius 2 is 1.78 bits per heavy atom. The molecule has 0 unspecified atom stereocenters. The van der Waals surface area contributed by atoms with Crippen LogP contribution in [0.25, 0.3) is 0 Å². The number of carbonyl (C=O) groups is 2. The lowest BCUT2D eigenvalue weighted by Gasteiger charge is -2.08. The zero-order valence-electron chi connectivity index (χ0n) is 12.9. The number of hydrogen-bond acceptors (Lipinski definition) is 3. The van der Waals surface area contributed by atoms with Gasteiger partial charge in [0.15, 0.2) is 0 Å². The molecule has 0 saturated heterocycles. The Morgan fingerprint density at radius 1 is 1.09 bits per heavy atom. The predicted octanol–water partition coefficient (Wildman–Crippen LogP) is 4.45. The van der Waals surface area contributed by atoms with E-state index in [4.69, 9.17) is 0 Å². The third kappa shape index (κ3) is 5.73. The van der Waals surface area contributed by atoms with Crippen LogP contribution >= 0.6 is 27.7 Å². The van der Waals surface area contributed by atoms with Crippen molar-refractivity contribution in [3.05, 3.63) is 52.5 Å². The molecule has 0 aromatic heterocycles. The van der Waals surface area contributed by atoms with E-state index < -0.39 is 0 Å². The van der Waals surface area contributed by atoms with Gasteiger partial charge in [-0.1, -0.05) is 6.07 Å². The molecular weight excluding hydrogens is 376 g/mol. The van der Waals surface area contributed by atoms with E-state index >= 15 is 0 Å². The minimum atomic E-state index is -0.103. The number of anilines is 2. The van der Waals surface area contributed by atoms with Gasteiger partial charge in [-0.15, -0.1) is 11.8 Å². The quantitative estimate of drug-likeness (QED) is 0.739. The minimum absolute atomic E-state index is 0.0644. The Hall–Kier alpha value is -1.79. The summed E-state index contributed by atoms with van der Waals surface area (Å²) in [5, 5.41) is 5.59. The summed E-state index contributed by atoms with van der Waals surface area (Å²) in [6.45, 7) is 3.47. The predicted molar refractivity (Wildman–Crippen MR) is 99.0 cm³/mol. The van der Waals surface area contributed by atoms with Crippen LogP contribution in [0.4, 0.5) is 11.4 Å². The van der Waals surface area contributed by atoms with Gasteiger partial charge in [-0.3, -0.25) is 9.59 Å². The molecular formula is C17H17BrN2O2S. The van der Waals surface area contributed by atoms with Crippen molar-refractivity contribution in [2.24, 2.45) is 0 Å². The first-order chi connectivity index (χ1) is 10.9. The lowest BCUT2D eigenvalue weighted by Crippen LogP contribution is -2.14. The van der Waals surface area contributed by atoms with E-state index in [9.17, 15) is 9.59 Å². The molecule has 0 saturated carbocycles. The van der Waals surface area contributed by atoms with Crippen molar-refractivity contribution in [2.45, 2.75) is 18.7 Å². The highest BCUT2D eigenvalue weighted by Gasteiger charge is 2.07. The molecule has 2 amide bonds. The Balaban J connectivity index is 1.87. The molecule has 0 aliphatic carbocycles. The number of hydrogen-bond donors (Lipinski definition) is 2. The fourth-order valence-electron chi connectivity index (χ4n) is 1.89. The number of carbonyl (C=O) groups excluding carboxylic acids is 2. The van der Waals surface area contributed by atoms with Gasteiger partial charge in [0.2, 0.25) is 11.8 Å². The van der Waals surface area contributed by atoms with E-state index in [1.807, 2.05) is 49.4 Å². The number of aryl methyl sites for hydroxylation is 1. The van der Waals surface area contributed by atoms with Crippen LogP contribution in [0.5, 0.6) is 0 Å². The molecule has 120 valence electrons. The number of thioether (sulfide) groups is 1. The highest BCUT2D eigenvalue weighted by molar-refractivity contribution is 9.10. The molecule has 0 heterocycles. The first kappa shape index (κ1) is 17.6. The lowest BCUT2D eigenvalue weighted by molar-refractivity contribution is -0.114. The molecule has 2 aromatic carbocycles. The van der Waals surface area contributed by atoms with Crippen molar-refractivity contribution in [1.29, 1.82) is 0 Å². The van der Waals surface area contributed by atoms with E-state index in [1.54, 1.807) is 0 Å². The number of halogens is 1. The summed E-state index contributed by atoms with van der Waals surface area (Å²) in [5.74, 6) is 0.152. The van der Waals surface area contributed by atoms with Crippen LogP contribution in [-0.2, 0) is 9.59 Å². The van der Waals surface area contributed by atoms with Gasteiger partial charge in [-0.25, -0.2) is 0 Å². The highest BCUT2D eigenvalue weighted by Crippen LogP contribution is 2.24. The van der Waals surface area contributed by atoms with Crippen molar-refractivity contribution >= 4 is 50.9 Å². The maximum Gasteiger partial charge on any atom is 0.234 e. The molecule has 0 fully saturated rings. The van der Waals surface area contributed by atoms with Gasteiger partial charge in [0.1, 0.15) is 0 Å². The maximum absolute atomic E-state index is 12.0. The Morgan fingerprint density at radius 3 is 2.39 bits per heavy atom. The summed E-state index contributed by atoms with van der Waals surface area (Å²) in [6.07, 6.45) is 0. The minimum Gasteiger partial charge on any atom is -0.326 e. The lowest BCUT2D eigenvalue weighted by atomic mass is 10.2. The number of amides is 2. The van der Waals surface area contributed by atoms with E-state index in [1.165, 1.54) is 18.7 Å². The van der Waals surface area contributed by atoms with Crippen molar-refractivity contribution in [2.75, 3.05) is 16.4 Å². The summed E-state index contributed by atoms with van der Waals surface area (Å²) < 4.78 is 0.871. The van der Waals surface area contributed by atoms with E-state index in [2.05, 4.69) is 26.6 Å². The molecule has 23 heavy (non-hydrogen) atoms. The van der Waals surface area contributed by atoms with Gasteiger partial charge < -0.3 is 10.6 Å². The van der Waals surface area contributed by atoms with Crippen LogP contribution in [0.15, 0.2) is 51.8 Å². The second-order valence-electron chi connectivity index (χ2n) is 5.03. The Kier molecular flexibility index (Phi) is 6.24. The highest BCUT2D eigenvalue weighted by atomic mass is 79.9. The SMILES string of the molecule is CC(=O)Nc1ccc(SCC(=O)Nc2ccc(C)cc2Br)cc1. The molecule has 0 spiro atoms. The second kappa shape index (κ2) is 8.17. The molecule has 2 N–H and O–H groups in total. The van der Waals surface area contributed by atoms with Gasteiger partial charge >= 0.3 is 0 Å². The molecule has 0 aliphatic heterocycles. The van der Waals surface area contributed by atoms with Crippen LogP contribution in [0.2, 0.25) is 0 Å². The Bertz CT molecular complexity index is 717. The van der Waals surface area contributed by atoms with Crippen LogP contribution in [-0.4, -0.2) is 17.6 Å². The van der Waals surface area contributed by atoms with Crippen LogP contribution < -0.4 is 10.6 Å². The zero-order valence-corrected chi connectivity index (χ0v) is 15.3. The third-order valence-corrected chi connectivity index (χ3v) is 4.61. The number of nitrogens with one attached hydrogen (secondary N) is 2. The molecule has 2 rings (SSSR count). The average molecular weight is 393 g/mol. The number of benzene rings is 2. The maximum atomic E-state index is 12.0. The molecule has 0 aliphatic rings. The summed E-state index contributed by atoms with van der Waals surface area (Å²) in [5.41, 5.74) is 2.64. The molecule has 2 aromatic rings. The van der Waals surface area contributed by atoms with Crippen molar-refractivity contribution in [1.82, 2.24) is 0 Å². The normalized spacial score (nSPS) is 10.2. The zero-order chi connectivity index (χ0) is 16.8. The van der Waals surface area contributed by atoms with Gasteiger partial charge in [-0.2, -0.15) is 0 Å². The standard InChI is InChI=1S/C17H17BrN2O2S/c1-11-3-8-16(15(18)9-11)20-17(22)10-23-14-6-4-13(5-7-14)19-12(2)21/h3-9H,10H2,1-2H3,(H,19,21)(H,20,22). The van der Waals surface area contributed by atoms with Gasteiger partial charge in [0.05, 0.1) is 11.4 Å². The number of rotatable bonds is 5. The molecule has 0 bridgehead atoms. The van der Waals surface area contributed by atoms with Crippen LogP contribution in [0, 0.1) is 6.92 Å². The summed E-state index contributed by atoms with van der Waals surface area (Å²) in [4.78, 5) is 24.0. The average Bonchev–Trinajstić information content (AvgIpc) is 2.49. The van der Waals surface area contributed by atoms with Gasteiger partial charge in [0, 0.05) is 22.0 Å².